The molecule has 3 saturated carbocycles. The minimum atomic E-state index is -1.85. The Hall–Kier alpha value is -3.16. The molecule has 3 aromatic rings. The maximum Gasteiger partial charge on any atom is 0.0553 e. The Labute approximate surface area is 343 Å². The van der Waals surface area contributed by atoms with E-state index >= 15 is 0 Å². The highest BCUT2D eigenvalue weighted by atomic mass is 28.3. The summed E-state index contributed by atoms with van der Waals surface area (Å²) in [4.78, 5) is 0. The molecular weight excluding hydrogens is 689 g/mol. The van der Waals surface area contributed by atoms with Crippen LogP contribution >= 0.6 is 0 Å². The van der Waals surface area contributed by atoms with Crippen LogP contribution in [-0.2, 0) is 10.8 Å². The minimum absolute atomic E-state index is 0.114. The summed E-state index contributed by atoms with van der Waals surface area (Å²) in [7, 11) is -1.85. The van der Waals surface area contributed by atoms with Crippen molar-refractivity contribution in [1.29, 1.82) is 0 Å². The van der Waals surface area contributed by atoms with E-state index in [4.69, 9.17) is 0 Å². The predicted molar refractivity (Wildman–Crippen MR) is 247 cm³/mol. The Balaban J connectivity index is 1.19. The van der Waals surface area contributed by atoms with Gasteiger partial charge in [-0.15, -0.1) is 0 Å². The Bertz CT molecular complexity index is 2030. The molecule has 3 fully saturated rings. The first-order valence-corrected chi connectivity index (χ1v) is 25.9. The second kappa shape index (κ2) is 14.9. The lowest BCUT2D eigenvalue weighted by atomic mass is 9.71. The number of unbranched alkanes of at least 4 members (excludes halogenated alkanes) is 1. The number of allylic oxidation sites excluding steroid dienone is 8. The molecule has 0 bridgehead atoms. The smallest absolute Gasteiger partial charge is 0.0553 e. The third-order valence-corrected chi connectivity index (χ3v) is 21.0. The molecule has 0 nitrogen and oxygen atoms in total. The van der Waals surface area contributed by atoms with Crippen LogP contribution in [0.25, 0.3) is 22.3 Å². The van der Waals surface area contributed by atoms with Gasteiger partial charge < -0.3 is 0 Å². The van der Waals surface area contributed by atoms with Gasteiger partial charge in [0, 0.05) is 0 Å². The van der Waals surface area contributed by atoms with Gasteiger partial charge in [-0.3, -0.25) is 0 Å². The highest BCUT2D eigenvalue weighted by molar-refractivity contribution is 6.80. The largest absolute Gasteiger partial charge is 0.0808 e. The molecule has 0 aliphatic heterocycles. The molecule has 1 heteroatoms. The summed E-state index contributed by atoms with van der Waals surface area (Å²) in [6, 6.07) is 25.8. The molecule has 0 heterocycles. The fourth-order valence-corrected chi connectivity index (χ4v) is 20.0. The molecule has 0 aromatic heterocycles. The lowest BCUT2D eigenvalue weighted by Gasteiger charge is -2.47. The SMILES string of the molecule is CCCCC1CC2C(c3ccccc3-c3ccccc3)=CC=CC2C1[Si](C)(C)C1C(C)CC2C(c3cc(C(C)(C)C)c(C)c(C(C)(C)C)c3)=C3CCCC3=CC21. The van der Waals surface area contributed by atoms with Gasteiger partial charge in [0.1, 0.15) is 0 Å². The van der Waals surface area contributed by atoms with Crippen LogP contribution in [0, 0.1) is 42.4 Å². The summed E-state index contributed by atoms with van der Waals surface area (Å²) in [5.41, 5.74) is 19.1. The quantitative estimate of drug-likeness (QED) is 0.201. The fourth-order valence-electron chi connectivity index (χ4n) is 13.8. The van der Waals surface area contributed by atoms with Gasteiger partial charge in [-0.05, 0) is 158 Å². The van der Waals surface area contributed by atoms with Crippen molar-refractivity contribution in [2.45, 2.75) is 149 Å². The third kappa shape index (κ3) is 6.84. The van der Waals surface area contributed by atoms with Gasteiger partial charge in [-0.25, -0.2) is 0 Å². The zero-order valence-corrected chi connectivity index (χ0v) is 37.9. The number of benzene rings is 3. The maximum atomic E-state index is 2.91. The lowest BCUT2D eigenvalue weighted by Crippen LogP contribution is -2.46. The lowest BCUT2D eigenvalue weighted by molar-refractivity contribution is 0.440. The number of fused-ring (bicyclic) bond motifs is 3. The number of rotatable bonds is 8. The standard InChI is InChI=1S/C55H72Si/c1-12-13-21-39-32-46-44(43-26-18-17-25-41(43)37-22-15-14-16-23-37)28-20-29-45(46)53(39)56(10,11)52-35(2)30-47-48(52)31-38-24-19-27-42(38)51(47)40-33-49(54(4,5)6)36(3)50(34-40)55(7,8)9/h14-18,20,22-23,25-26,28-29,31,33-35,39,45-48,52-53H,12-13,19,21,24,27,30,32H2,1-11H3. The Morgan fingerprint density at radius 1 is 0.732 bits per heavy atom. The first kappa shape index (κ1) is 39.7. The predicted octanol–water partition coefficient (Wildman–Crippen LogP) is 16.0. The van der Waals surface area contributed by atoms with E-state index in [-0.39, 0.29) is 10.8 Å². The van der Waals surface area contributed by atoms with Crippen LogP contribution < -0.4 is 0 Å². The van der Waals surface area contributed by atoms with Crippen molar-refractivity contribution in [2.24, 2.45) is 35.5 Å². The van der Waals surface area contributed by atoms with Crippen molar-refractivity contribution in [1.82, 2.24) is 0 Å². The van der Waals surface area contributed by atoms with E-state index in [1.54, 1.807) is 39.0 Å². The molecule has 8 unspecified atom stereocenters. The summed E-state index contributed by atoms with van der Waals surface area (Å²) in [5.74, 6) is 4.12. The molecule has 5 aliphatic rings. The van der Waals surface area contributed by atoms with Crippen LogP contribution in [0.5, 0.6) is 0 Å². The van der Waals surface area contributed by atoms with E-state index in [1.165, 1.54) is 73.6 Å². The van der Waals surface area contributed by atoms with E-state index < -0.39 is 8.07 Å². The number of hydrogen-bond acceptors (Lipinski definition) is 0. The van der Waals surface area contributed by atoms with Crippen molar-refractivity contribution >= 4 is 19.2 Å². The van der Waals surface area contributed by atoms with E-state index in [1.807, 2.05) is 0 Å². The van der Waals surface area contributed by atoms with Crippen LogP contribution in [-0.4, -0.2) is 8.07 Å². The zero-order chi connectivity index (χ0) is 39.7. The van der Waals surface area contributed by atoms with Gasteiger partial charge >= 0.3 is 0 Å². The van der Waals surface area contributed by atoms with Crippen molar-refractivity contribution in [3.63, 3.8) is 0 Å². The Morgan fingerprint density at radius 2 is 1.39 bits per heavy atom. The minimum Gasteiger partial charge on any atom is -0.0808 e. The molecule has 8 rings (SSSR count). The summed E-state index contributed by atoms with van der Waals surface area (Å²) in [5, 5.41) is 0. The molecule has 0 amide bonds. The van der Waals surface area contributed by atoms with Gasteiger partial charge in [0.15, 0.2) is 0 Å². The van der Waals surface area contributed by atoms with E-state index in [0.29, 0.717) is 23.7 Å². The average Bonchev–Trinajstić information content (AvgIpc) is 3.87. The van der Waals surface area contributed by atoms with Crippen molar-refractivity contribution in [3.05, 3.63) is 130 Å². The zero-order valence-electron chi connectivity index (χ0n) is 36.9. The second-order valence-corrected chi connectivity index (χ2v) is 26.6. The second-order valence-electron chi connectivity index (χ2n) is 21.6. The van der Waals surface area contributed by atoms with Crippen LogP contribution in [0.1, 0.15) is 135 Å². The van der Waals surface area contributed by atoms with Gasteiger partial charge in [0.25, 0.3) is 0 Å². The van der Waals surface area contributed by atoms with Gasteiger partial charge in [-0.2, -0.15) is 0 Å². The number of hydrogen-bond donors (Lipinski definition) is 0. The molecule has 5 aliphatic carbocycles. The molecule has 8 atom stereocenters. The average molecular weight is 761 g/mol. The van der Waals surface area contributed by atoms with E-state index in [9.17, 15) is 0 Å². The van der Waals surface area contributed by atoms with Crippen molar-refractivity contribution < 1.29 is 0 Å². The molecule has 296 valence electrons. The fraction of sp³-hybridized carbons (Fsp3) is 0.527. The summed E-state index contributed by atoms with van der Waals surface area (Å²) in [6.45, 7) is 27.9. The van der Waals surface area contributed by atoms with Crippen LogP contribution in [0.2, 0.25) is 24.2 Å². The van der Waals surface area contributed by atoms with E-state index in [0.717, 1.165) is 22.9 Å². The molecule has 0 N–H and O–H groups in total. The molecular formula is C55H72Si. The Kier molecular flexibility index (Phi) is 10.5. The van der Waals surface area contributed by atoms with Crippen LogP contribution in [0.4, 0.5) is 0 Å². The normalized spacial score (nSPS) is 28.9. The van der Waals surface area contributed by atoms with Crippen LogP contribution in [0.3, 0.4) is 0 Å². The van der Waals surface area contributed by atoms with Crippen LogP contribution in [0.15, 0.2) is 102 Å². The van der Waals surface area contributed by atoms with Crippen molar-refractivity contribution in [3.8, 4) is 11.1 Å². The third-order valence-electron chi connectivity index (χ3n) is 15.7. The summed E-state index contributed by atoms with van der Waals surface area (Å²) < 4.78 is 0. The Morgan fingerprint density at radius 3 is 2.05 bits per heavy atom. The highest BCUT2D eigenvalue weighted by Crippen LogP contribution is 2.67. The summed E-state index contributed by atoms with van der Waals surface area (Å²) >= 11 is 0. The summed E-state index contributed by atoms with van der Waals surface area (Å²) in [6.07, 6.45) is 21.2. The molecule has 0 radical (unpaired) electrons. The van der Waals surface area contributed by atoms with Gasteiger partial charge in [-0.1, -0.05) is 179 Å². The highest BCUT2D eigenvalue weighted by Gasteiger charge is 2.59. The first-order chi connectivity index (χ1) is 26.6. The van der Waals surface area contributed by atoms with E-state index in [2.05, 4.69) is 166 Å². The first-order valence-electron chi connectivity index (χ1n) is 22.7. The molecule has 3 aromatic carbocycles. The van der Waals surface area contributed by atoms with Gasteiger partial charge in [0.2, 0.25) is 0 Å². The van der Waals surface area contributed by atoms with Crippen molar-refractivity contribution in [2.75, 3.05) is 0 Å². The monoisotopic (exact) mass is 761 g/mol. The topological polar surface area (TPSA) is 0 Å². The maximum absolute atomic E-state index is 2.91. The molecule has 0 spiro atoms. The van der Waals surface area contributed by atoms with Gasteiger partial charge in [0.05, 0.1) is 8.07 Å². The molecule has 0 saturated heterocycles. The molecule has 56 heavy (non-hydrogen) atoms.